The maximum Gasteiger partial charge on any atom is 0.251 e. The number of aromatic amines is 1. The molecule has 2 aromatic heterocycles. The molecular weight excluding hydrogens is 335 g/mol. The number of nitrogens with zero attached hydrogens (tertiary/aromatic N) is 2. The van der Waals surface area contributed by atoms with Crippen molar-refractivity contribution < 1.29 is 0 Å². The largest absolute Gasteiger partial charge is 0.317 e. The van der Waals surface area contributed by atoms with Crippen molar-refractivity contribution in [1.82, 2.24) is 19.9 Å². The minimum atomic E-state index is -0.0977. The third-order valence-corrected chi connectivity index (χ3v) is 4.69. The Balaban J connectivity index is 0.00000156. The number of nitrogens with one attached hydrogen (secondary N) is 2. The number of benzene rings is 1. The van der Waals surface area contributed by atoms with E-state index >= 15 is 0 Å². The normalized spacial score (nSPS) is 15.9. The summed E-state index contributed by atoms with van der Waals surface area (Å²) in [5, 5.41) is 9.50. The number of aryl methyl sites for hydroxylation is 1. The molecule has 122 valence electrons. The summed E-state index contributed by atoms with van der Waals surface area (Å²) >= 11 is 6.39. The highest BCUT2D eigenvalue weighted by Gasteiger charge is 2.21. The van der Waals surface area contributed by atoms with Crippen molar-refractivity contribution in [3.63, 3.8) is 0 Å². The first-order chi connectivity index (χ1) is 10.6. The van der Waals surface area contributed by atoms with Crippen LogP contribution < -0.4 is 10.9 Å². The van der Waals surface area contributed by atoms with Crippen molar-refractivity contribution >= 4 is 40.6 Å². The molecule has 1 saturated heterocycles. The molecule has 0 aliphatic carbocycles. The van der Waals surface area contributed by atoms with Crippen LogP contribution in [0.3, 0.4) is 0 Å². The van der Waals surface area contributed by atoms with Gasteiger partial charge in [0.2, 0.25) is 0 Å². The lowest BCUT2D eigenvalue weighted by atomic mass is 9.94. The van der Waals surface area contributed by atoms with Gasteiger partial charge in [-0.15, -0.1) is 12.4 Å². The fourth-order valence-corrected chi connectivity index (χ4v) is 3.72. The lowest BCUT2D eigenvalue weighted by molar-refractivity contribution is 0.446. The number of H-pyrrole nitrogens is 1. The number of halogens is 2. The first kappa shape index (κ1) is 16.3. The zero-order valence-corrected chi connectivity index (χ0v) is 14.3. The van der Waals surface area contributed by atoms with Gasteiger partial charge in [-0.3, -0.25) is 4.79 Å². The van der Waals surface area contributed by atoms with E-state index in [9.17, 15) is 4.79 Å². The number of rotatable bonds is 1. The highest BCUT2D eigenvalue weighted by atomic mass is 35.5. The van der Waals surface area contributed by atoms with Crippen LogP contribution in [0.15, 0.2) is 23.0 Å². The van der Waals surface area contributed by atoms with Crippen LogP contribution in [-0.4, -0.2) is 27.7 Å². The molecule has 1 aliphatic rings. The van der Waals surface area contributed by atoms with Gasteiger partial charge >= 0.3 is 0 Å². The van der Waals surface area contributed by atoms with Crippen LogP contribution in [-0.2, 0) is 0 Å². The van der Waals surface area contributed by atoms with E-state index in [2.05, 4.69) is 10.3 Å². The lowest BCUT2D eigenvalue weighted by Crippen LogP contribution is -2.28. The molecule has 0 saturated carbocycles. The van der Waals surface area contributed by atoms with Crippen LogP contribution in [0.25, 0.3) is 16.6 Å². The molecule has 7 heteroatoms. The molecule has 3 aromatic rings. The Morgan fingerprint density at radius 3 is 2.74 bits per heavy atom. The average Bonchev–Trinajstić information content (AvgIpc) is 2.85. The second-order valence-electron chi connectivity index (χ2n) is 5.98. The lowest BCUT2D eigenvalue weighted by Gasteiger charge is -2.23. The first-order valence-corrected chi connectivity index (χ1v) is 7.94. The number of fused-ring (bicyclic) bond motifs is 3. The smallest absolute Gasteiger partial charge is 0.251 e. The van der Waals surface area contributed by atoms with Gasteiger partial charge in [-0.05, 0) is 50.6 Å². The Labute approximate surface area is 144 Å². The zero-order valence-electron chi connectivity index (χ0n) is 12.7. The van der Waals surface area contributed by atoms with E-state index in [1.807, 2.05) is 23.6 Å². The van der Waals surface area contributed by atoms with E-state index in [1.165, 1.54) is 0 Å². The van der Waals surface area contributed by atoms with Gasteiger partial charge in [-0.2, -0.15) is 5.10 Å². The average molecular weight is 353 g/mol. The van der Waals surface area contributed by atoms with Crippen LogP contribution in [0.4, 0.5) is 0 Å². The van der Waals surface area contributed by atoms with Gasteiger partial charge in [-0.25, -0.2) is 4.52 Å². The summed E-state index contributed by atoms with van der Waals surface area (Å²) in [6.07, 6.45) is 2.03. The first-order valence-electron chi connectivity index (χ1n) is 7.56. The van der Waals surface area contributed by atoms with E-state index in [1.54, 1.807) is 6.07 Å². The summed E-state index contributed by atoms with van der Waals surface area (Å²) in [5.41, 5.74) is 3.46. The molecule has 0 atom stereocenters. The topological polar surface area (TPSA) is 62.2 Å². The quantitative estimate of drug-likeness (QED) is 0.707. The molecule has 0 unspecified atom stereocenters. The van der Waals surface area contributed by atoms with Crippen LogP contribution in [0.2, 0.25) is 5.02 Å². The summed E-state index contributed by atoms with van der Waals surface area (Å²) in [7, 11) is 0. The Bertz CT molecular complexity index is 925. The molecule has 0 bridgehead atoms. The van der Waals surface area contributed by atoms with Gasteiger partial charge in [0.25, 0.3) is 5.56 Å². The fraction of sp³-hybridized carbons (Fsp3) is 0.375. The Morgan fingerprint density at radius 1 is 1.26 bits per heavy atom. The summed E-state index contributed by atoms with van der Waals surface area (Å²) in [6, 6.07) is 5.58. The predicted molar refractivity (Wildman–Crippen MR) is 95.2 cm³/mol. The van der Waals surface area contributed by atoms with Gasteiger partial charge in [0.1, 0.15) is 5.65 Å². The monoisotopic (exact) mass is 352 g/mol. The standard InChI is InChI=1S/C16H17ClN4O.ClH/c1-9-6-11(17)15-12(7-9)20-21-13(8-14(22)19-16(15)21)10-2-4-18-5-3-10;/h6-8,10,18H,2-5H2,1H3,(H,19,22);1H. The van der Waals surface area contributed by atoms with Crippen molar-refractivity contribution in [2.75, 3.05) is 13.1 Å². The Kier molecular flexibility index (Phi) is 4.36. The maximum atomic E-state index is 12.1. The number of aromatic nitrogens is 3. The van der Waals surface area contributed by atoms with Gasteiger partial charge in [0, 0.05) is 12.0 Å². The molecule has 2 N–H and O–H groups in total. The van der Waals surface area contributed by atoms with Gasteiger partial charge in [0.15, 0.2) is 0 Å². The minimum Gasteiger partial charge on any atom is -0.317 e. The molecule has 1 aliphatic heterocycles. The molecule has 0 radical (unpaired) electrons. The molecule has 4 rings (SSSR count). The van der Waals surface area contributed by atoms with Crippen molar-refractivity contribution in [1.29, 1.82) is 0 Å². The zero-order chi connectivity index (χ0) is 15.3. The second-order valence-corrected chi connectivity index (χ2v) is 6.39. The molecular formula is C16H18Cl2N4O. The van der Waals surface area contributed by atoms with E-state index in [-0.39, 0.29) is 18.0 Å². The summed E-state index contributed by atoms with van der Waals surface area (Å²) in [6.45, 7) is 3.94. The van der Waals surface area contributed by atoms with Gasteiger partial charge < -0.3 is 10.3 Å². The maximum absolute atomic E-state index is 12.1. The van der Waals surface area contributed by atoms with Crippen LogP contribution in [0.5, 0.6) is 0 Å². The van der Waals surface area contributed by atoms with Gasteiger partial charge in [0.05, 0.1) is 21.6 Å². The summed E-state index contributed by atoms with van der Waals surface area (Å²) in [5.74, 6) is 0.347. The fourth-order valence-electron chi connectivity index (χ4n) is 3.36. The molecule has 1 aromatic carbocycles. The van der Waals surface area contributed by atoms with Crippen LogP contribution in [0.1, 0.15) is 30.0 Å². The van der Waals surface area contributed by atoms with Gasteiger partial charge in [-0.1, -0.05) is 11.6 Å². The van der Waals surface area contributed by atoms with Crippen LogP contribution >= 0.6 is 24.0 Å². The molecule has 0 amide bonds. The molecule has 1 fully saturated rings. The number of hydrogen-bond acceptors (Lipinski definition) is 3. The molecule has 3 heterocycles. The SMILES string of the molecule is Cc1cc(Cl)c2c(c1)nn1c(C3CCNCC3)cc(=O)[nH]c21.Cl. The highest BCUT2D eigenvalue weighted by molar-refractivity contribution is 6.36. The van der Waals surface area contributed by atoms with Crippen molar-refractivity contribution in [3.8, 4) is 0 Å². The third kappa shape index (κ3) is 2.73. The third-order valence-electron chi connectivity index (χ3n) is 4.39. The summed E-state index contributed by atoms with van der Waals surface area (Å²) < 4.78 is 1.87. The van der Waals surface area contributed by atoms with Crippen molar-refractivity contribution in [2.45, 2.75) is 25.7 Å². The number of hydrogen-bond donors (Lipinski definition) is 2. The van der Waals surface area contributed by atoms with Crippen molar-refractivity contribution in [3.05, 3.63) is 44.8 Å². The Morgan fingerprint density at radius 2 is 2.00 bits per heavy atom. The second kappa shape index (κ2) is 6.15. The summed E-state index contributed by atoms with van der Waals surface area (Å²) in [4.78, 5) is 15.0. The minimum absolute atomic E-state index is 0. The van der Waals surface area contributed by atoms with E-state index in [0.29, 0.717) is 16.6 Å². The molecule has 0 spiro atoms. The van der Waals surface area contributed by atoms with Crippen molar-refractivity contribution in [2.24, 2.45) is 0 Å². The van der Waals surface area contributed by atoms with E-state index in [4.69, 9.17) is 16.7 Å². The Hall–Kier alpha value is -1.56. The number of piperidine rings is 1. The highest BCUT2D eigenvalue weighted by Crippen LogP contribution is 2.30. The van der Waals surface area contributed by atoms with E-state index < -0.39 is 0 Å². The van der Waals surface area contributed by atoms with E-state index in [0.717, 1.165) is 48.1 Å². The molecule has 23 heavy (non-hydrogen) atoms. The van der Waals surface area contributed by atoms with Crippen LogP contribution in [0, 0.1) is 6.92 Å². The molecule has 5 nitrogen and oxygen atoms in total. The predicted octanol–water partition coefficient (Wildman–Crippen LogP) is 3.03.